The summed E-state index contributed by atoms with van der Waals surface area (Å²) in [5.41, 5.74) is 2.60. The first kappa shape index (κ1) is 56.0. The van der Waals surface area contributed by atoms with Crippen molar-refractivity contribution in [1.82, 2.24) is 0 Å². The van der Waals surface area contributed by atoms with Gasteiger partial charge in [-0.05, 0) is 69.4 Å². The van der Waals surface area contributed by atoms with Crippen molar-refractivity contribution < 1.29 is 61.8 Å². The van der Waals surface area contributed by atoms with Crippen LogP contribution in [0.25, 0.3) is 0 Å². The first-order valence-electron chi connectivity index (χ1n) is 24.0. The largest absolute Gasteiger partial charge is 0.756 e. The molecule has 3 N–H and O–H groups in total. The van der Waals surface area contributed by atoms with Crippen LogP contribution in [0.15, 0.2) is 16.6 Å². The third-order valence-corrected chi connectivity index (χ3v) is 13.0. The number of carbonyl (C=O) groups is 2. The van der Waals surface area contributed by atoms with Gasteiger partial charge < -0.3 is 47.6 Å². The van der Waals surface area contributed by atoms with Crippen molar-refractivity contribution in [3.63, 3.8) is 0 Å². The normalized spacial score (nSPS) is 20.1. The van der Waals surface area contributed by atoms with E-state index in [1.807, 2.05) is 27.2 Å². The van der Waals surface area contributed by atoms with E-state index < -0.39 is 50.8 Å². The molecule has 0 aromatic carbocycles. The van der Waals surface area contributed by atoms with E-state index in [1.165, 1.54) is 11.1 Å². The smallest absolute Gasteiger partial charge is 0.306 e. The van der Waals surface area contributed by atoms with Crippen LogP contribution in [0.2, 0.25) is 0 Å². The second-order valence-corrected chi connectivity index (χ2v) is 20.1. The van der Waals surface area contributed by atoms with Gasteiger partial charge in [-0.15, -0.1) is 0 Å². The molecule has 0 amide bonds. The lowest BCUT2D eigenvalue weighted by atomic mass is 9.88. The maximum atomic E-state index is 12.8. The van der Waals surface area contributed by atoms with Gasteiger partial charge in [0, 0.05) is 38.0 Å². The van der Waals surface area contributed by atoms with Crippen molar-refractivity contribution in [2.45, 2.75) is 200 Å². The predicted molar refractivity (Wildman–Crippen MR) is 241 cm³/mol. The Morgan fingerprint density at radius 1 is 0.790 bits per heavy atom. The van der Waals surface area contributed by atoms with Crippen LogP contribution in [0.4, 0.5) is 0 Å². The first-order valence-corrected chi connectivity index (χ1v) is 25.5. The molecule has 0 bridgehead atoms. The summed E-state index contributed by atoms with van der Waals surface area (Å²) >= 11 is 0. The van der Waals surface area contributed by atoms with Crippen molar-refractivity contribution in [3.8, 4) is 0 Å². The Hall–Kier alpha value is -2.09. The second-order valence-electron chi connectivity index (χ2n) is 18.7. The highest BCUT2D eigenvalue weighted by atomic mass is 31.2. The number of hydrogen-bond acceptors (Lipinski definition) is 12. The molecule has 1 unspecified atom stereocenters. The van der Waals surface area contributed by atoms with E-state index in [9.17, 15) is 34.4 Å². The summed E-state index contributed by atoms with van der Waals surface area (Å²) in [5.74, 6) is 0.982. The van der Waals surface area contributed by atoms with Crippen LogP contribution in [0.3, 0.4) is 0 Å². The highest BCUT2D eigenvalue weighted by Crippen LogP contribution is 2.39. The number of nitrogens with zero attached hydrogens (tertiary/aromatic N) is 1. The number of esters is 2. The summed E-state index contributed by atoms with van der Waals surface area (Å²) in [6.45, 7) is 8.10. The topological polar surface area (TPSA) is 185 Å². The number of likely N-dealkylation sites (N-methyl/N-ethyl adjacent to an activating group) is 1. The molecule has 1 aromatic rings. The molecule has 1 saturated carbocycles. The molecule has 360 valence electrons. The average Bonchev–Trinajstić information content (AvgIpc) is 3.63. The van der Waals surface area contributed by atoms with Crippen LogP contribution in [-0.4, -0.2) is 104 Å². The number of aliphatic hydroxyl groups excluding tert-OH is 3. The summed E-state index contributed by atoms with van der Waals surface area (Å²) in [5, 5.41) is 31.5. The molecule has 0 saturated heterocycles. The minimum Gasteiger partial charge on any atom is -0.756 e. The van der Waals surface area contributed by atoms with Gasteiger partial charge in [-0.25, -0.2) is 0 Å². The molecule has 1 aromatic heterocycles. The standard InChI is InChI=1S/C48H86NO12P/c1-8-10-19-25-39(50)30-31-42-41(43(51)34-44(42)52)26-20-17-18-22-28-47(53)57-35-40(36-59-62(55,56)58-33-32-49(5,6)7)60-48(54)29-23-16-14-12-11-13-15-21-27-46-38(4)37(3)45(61-46)24-9-2/h30-31,39-44,50-52H,8-29,32-36H2,1-7H3/b31-30+/t39-,40+,41+,42+,43-,44+/m0/s1. The van der Waals surface area contributed by atoms with Crippen molar-refractivity contribution in [2.24, 2.45) is 11.8 Å². The fourth-order valence-corrected chi connectivity index (χ4v) is 8.76. The van der Waals surface area contributed by atoms with Gasteiger partial charge in [0.25, 0.3) is 7.82 Å². The zero-order chi connectivity index (χ0) is 46.0. The lowest BCUT2D eigenvalue weighted by molar-refractivity contribution is -0.870. The van der Waals surface area contributed by atoms with Crippen molar-refractivity contribution in [1.29, 1.82) is 0 Å². The van der Waals surface area contributed by atoms with E-state index in [1.54, 1.807) is 6.08 Å². The second kappa shape index (κ2) is 30.9. The van der Waals surface area contributed by atoms with Crippen molar-refractivity contribution >= 4 is 19.8 Å². The Balaban J connectivity index is 1.72. The number of aliphatic hydroxyl groups is 3. The van der Waals surface area contributed by atoms with Gasteiger partial charge in [0.05, 0.1) is 46.1 Å². The van der Waals surface area contributed by atoms with Crippen LogP contribution in [0, 0.1) is 25.7 Å². The Bertz CT molecular complexity index is 1460. The van der Waals surface area contributed by atoms with E-state index >= 15 is 0 Å². The van der Waals surface area contributed by atoms with E-state index in [4.69, 9.17) is 22.9 Å². The van der Waals surface area contributed by atoms with Crippen LogP contribution in [-0.2, 0) is 45.5 Å². The predicted octanol–water partition coefficient (Wildman–Crippen LogP) is 8.76. The van der Waals surface area contributed by atoms with Crippen LogP contribution in [0.1, 0.15) is 171 Å². The third-order valence-electron chi connectivity index (χ3n) is 12.1. The van der Waals surface area contributed by atoms with Gasteiger partial charge in [-0.3, -0.25) is 14.2 Å². The van der Waals surface area contributed by atoms with Gasteiger partial charge in [-0.1, -0.05) is 103 Å². The summed E-state index contributed by atoms with van der Waals surface area (Å²) in [4.78, 5) is 37.9. The maximum Gasteiger partial charge on any atom is 0.306 e. The van der Waals surface area contributed by atoms with Crippen LogP contribution >= 0.6 is 7.82 Å². The molecule has 1 aliphatic carbocycles. The summed E-state index contributed by atoms with van der Waals surface area (Å²) < 4.78 is 40.1. The Kier molecular flexibility index (Phi) is 28.0. The maximum absolute atomic E-state index is 12.8. The number of phosphoric acid groups is 1. The fourth-order valence-electron chi connectivity index (χ4n) is 8.03. The number of furan rings is 1. The van der Waals surface area contributed by atoms with Gasteiger partial charge >= 0.3 is 11.9 Å². The molecule has 7 atom stereocenters. The lowest BCUT2D eigenvalue weighted by Crippen LogP contribution is -2.37. The monoisotopic (exact) mass is 900 g/mol. The summed E-state index contributed by atoms with van der Waals surface area (Å²) in [6, 6.07) is 0. The number of hydrogen-bond donors (Lipinski definition) is 3. The van der Waals surface area contributed by atoms with Crippen molar-refractivity contribution in [3.05, 3.63) is 34.8 Å². The number of unbranched alkanes of at least 4 members (excludes halogenated alkanes) is 12. The average molecular weight is 900 g/mol. The summed E-state index contributed by atoms with van der Waals surface area (Å²) in [6.07, 6.45) is 20.1. The van der Waals surface area contributed by atoms with E-state index in [0.29, 0.717) is 36.7 Å². The molecule has 62 heavy (non-hydrogen) atoms. The Morgan fingerprint density at radius 3 is 2.02 bits per heavy atom. The van der Waals surface area contributed by atoms with E-state index in [0.717, 1.165) is 121 Å². The molecule has 14 heteroatoms. The molecule has 1 aliphatic rings. The SMILES string of the molecule is CCCCC[C@H](O)/C=C/[C@@H]1[C@@H](CCCCCCC(=O)OC[C@H](COP(=O)([O-])OCC[N+](C)(C)C)OC(=O)CCCCCCCCCCc2oc(CCC)c(C)c2C)[C@@H](O)C[C@H]1O. The molecule has 0 radical (unpaired) electrons. The number of carbonyl (C=O) groups excluding carboxylic acids is 2. The van der Waals surface area contributed by atoms with Gasteiger partial charge in [0.2, 0.25) is 0 Å². The van der Waals surface area contributed by atoms with Gasteiger partial charge in [-0.2, -0.15) is 0 Å². The zero-order valence-corrected chi connectivity index (χ0v) is 40.5. The van der Waals surface area contributed by atoms with E-state index in [2.05, 4.69) is 27.7 Å². The Labute approximate surface area is 374 Å². The molecule has 1 heterocycles. The molecule has 13 nitrogen and oxygen atoms in total. The van der Waals surface area contributed by atoms with E-state index in [-0.39, 0.29) is 37.9 Å². The first-order chi connectivity index (χ1) is 29.5. The summed E-state index contributed by atoms with van der Waals surface area (Å²) in [7, 11) is 1.03. The number of quaternary nitrogens is 1. The van der Waals surface area contributed by atoms with Gasteiger partial charge in [0.15, 0.2) is 6.10 Å². The quantitative estimate of drug-likeness (QED) is 0.0192. The zero-order valence-electron chi connectivity index (χ0n) is 39.6. The molecular formula is C48H86NO12P. The highest BCUT2D eigenvalue weighted by Gasteiger charge is 2.39. The third kappa shape index (κ3) is 24.3. The van der Waals surface area contributed by atoms with Crippen molar-refractivity contribution in [2.75, 3.05) is 47.5 Å². The molecule has 0 spiro atoms. The minimum absolute atomic E-state index is 0.0713. The fraction of sp³-hybridized carbons (Fsp3) is 0.833. The van der Waals surface area contributed by atoms with Crippen LogP contribution < -0.4 is 4.89 Å². The number of ether oxygens (including phenoxy) is 2. The Morgan fingerprint density at radius 2 is 1.39 bits per heavy atom. The van der Waals surface area contributed by atoms with Gasteiger partial charge in [0.1, 0.15) is 31.3 Å². The molecular weight excluding hydrogens is 813 g/mol. The molecule has 1 fully saturated rings. The lowest BCUT2D eigenvalue weighted by Gasteiger charge is -2.28. The van der Waals surface area contributed by atoms with Crippen LogP contribution in [0.5, 0.6) is 0 Å². The number of rotatable bonds is 36. The molecule has 0 aliphatic heterocycles. The minimum atomic E-state index is -4.69. The number of aryl methyl sites for hydroxylation is 2. The highest BCUT2D eigenvalue weighted by molar-refractivity contribution is 7.45. The molecule has 2 rings (SSSR count). The number of phosphoric ester groups is 1.